The third-order valence-electron chi connectivity index (χ3n) is 2.53. The maximum absolute atomic E-state index is 12.5. The quantitative estimate of drug-likeness (QED) is 0.847. The molecule has 0 radical (unpaired) electrons. The van der Waals surface area contributed by atoms with Crippen molar-refractivity contribution in [3.63, 3.8) is 0 Å². The number of aromatic nitrogens is 4. The van der Waals surface area contributed by atoms with Gasteiger partial charge in [0.1, 0.15) is 16.7 Å². The molecule has 0 saturated carbocycles. The normalized spacial score (nSPS) is 10.6. The highest BCUT2D eigenvalue weighted by atomic mass is 79.9. The van der Waals surface area contributed by atoms with Crippen molar-refractivity contribution in [3.8, 4) is 5.82 Å². The molecule has 2 aromatic rings. The van der Waals surface area contributed by atoms with Gasteiger partial charge in [-0.2, -0.15) is 13.9 Å². The number of nitrogens with zero attached hydrogens (tertiary/aromatic N) is 4. The summed E-state index contributed by atoms with van der Waals surface area (Å²) in [6.45, 7) is -0.685. The lowest BCUT2D eigenvalue weighted by Crippen LogP contribution is -2.26. The van der Waals surface area contributed by atoms with Gasteiger partial charge >= 0.3 is 5.69 Å². The third kappa shape index (κ3) is 2.99. The van der Waals surface area contributed by atoms with E-state index in [2.05, 4.69) is 26.0 Å². The Morgan fingerprint density at radius 2 is 2.15 bits per heavy atom. The zero-order valence-corrected chi connectivity index (χ0v) is 11.7. The number of hydrogen-bond donors (Lipinski definition) is 1. The third-order valence-corrected chi connectivity index (χ3v) is 2.98. The molecule has 0 fully saturated rings. The lowest BCUT2D eigenvalue weighted by atomic mass is 10.3. The largest absolute Gasteiger partial charge is 0.351 e. The standard InChI is InChI=1S/C11H10BrF2N5O/c12-8-2-1-3-9(17-8)18-6-16-19(11(18)20)5-7(4-15)10(13)14/h1-3,6H,4-5,15H2. The lowest BCUT2D eigenvalue weighted by molar-refractivity contribution is 0.400. The minimum Gasteiger partial charge on any atom is -0.327 e. The second kappa shape index (κ2) is 6.06. The van der Waals surface area contributed by atoms with Crippen LogP contribution in [0.4, 0.5) is 8.78 Å². The number of pyridine rings is 1. The molecule has 2 rings (SSSR count). The molecule has 0 bridgehead atoms. The fraction of sp³-hybridized carbons (Fsp3) is 0.182. The van der Waals surface area contributed by atoms with Gasteiger partial charge in [0.05, 0.1) is 6.54 Å². The monoisotopic (exact) mass is 345 g/mol. The molecule has 0 saturated heterocycles. The van der Waals surface area contributed by atoms with Crippen LogP contribution in [0.1, 0.15) is 0 Å². The molecule has 2 heterocycles. The van der Waals surface area contributed by atoms with Gasteiger partial charge in [0.15, 0.2) is 0 Å². The SMILES string of the molecule is NCC(Cn1ncn(-c2cccc(Br)n2)c1=O)=C(F)F. The Labute approximate surface area is 120 Å². The molecule has 0 aliphatic carbocycles. The van der Waals surface area contributed by atoms with Crippen LogP contribution in [0.2, 0.25) is 0 Å². The van der Waals surface area contributed by atoms with E-state index in [0.29, 0.717) is 10.4 Å². The van der Waals surface area contributed by atoms with Crippen molar-refractivity contribution >= 4 is 15.9 Å². The Hall–Kier alpha value is -1.87. The molecule has 0 aliphatic heterocycles. The Morgan fingerprint density at radius 3 is 2.75 bits per heavy atom. The van der Waals surface area contributed by atoms with E-state index in [0.717, 1.165) is 9.25 Å². The molecule has 9 heteroatoms. The van der Waals surface area contributed by atoms with Crippen molar-refractivity contribution in [2.24, 2.45) is 5.73 Å². The summed E-state index contributed by atoms with van der Waals surface area (Å²) in [6.07, 6.45) is -0.670. The van der Waals surface area contributed by atoms with Gasteiger partial charge in [-0.25, -0.2) is 19.0 Å². The first-order valence-electron chi connectivity index (χ1n) is 5.53. The summed E-state index contributed by atoms with van der Waals surface area (Å²) >= 11 is 3.18. The van der Waals surface area contributed by atoms with Gasteiger partial charge in [0.25, 0.3) is 6.08 Å². The fourth-order valence-electron chi connectivity index (χ4n) is 1.52. The second-order valence-corrected chi connectivity index (χ2v) is 4.64. The maximum Gasteiger partial charge on any atom is 0.351 e. The summed E-state index contributed by atoms with van der Waals surface area (Å²) < 4.78 is 27.7. The molecule has 106 valence electrons. The first-order valence-corrected chi connectivity index (χ1v) is 6.32. The van der Waals surface area contributed by atoms with E-state index in [9.17, 15) is 13.6 Å². The number of hydrogen-bond acceptors (Lipinski definition) is 4. The van der Waals surface area contributed by atoms with Crippen molar-refractivity contribution < 1.29 is 8.78 Å². The van der Waals surface area contributed by atoms with E-state index in [1.165, 1.54) is 6.33 Å². The Bertz CT molecular complexity index is 705. The van der Waals surface area contributed by atoms with Gasteiger partial charge in [-0.05, 0) is 28.1 Å². The van der Waals surface area contributed by atoms with Crippen LogP contribution >= 0.6 is 15.9 Å². The molecule has 20 heavy (non-hydrogen) atoms. The first kappa shape index (κ1) is 14.5. The molecule has 0 spiro atoms. The maximum atomic E-state index is 12.5. The van der Waals surface area contributed by atoms with Crippen LogP contribution < -0.4 is 11.4 Å². The fourth-order valence-corrected chi connectivity index (χ4v) is 1.85. The Morgan fingerprint density at radius 1 is 1.40 bits per heavy atom. The van der Waals surface area contributed by atoms with E-state index in [4.69, 9.17) is 5.73 Å². The van der Waals surface area contributed by atoms with Crippen LogP contribution in [-0.2, 0) is 6.54 Å². The van der Waals surface area contributed by atoms with Crippen LogP contribution in [-0.4, -0.2) is 25.9 Å². The van der Waals surface area contributed by atoms with Crippen molar-refractivity contribution in [1.82, 2.24) is 19.3 Å². The zero-order chi connectivity index (χ0) is 14.7. The lowest BCUT2D eigenvalue weighted by Gasteiger charge is -2.02. The van der Waals surface area contributed by atoms with Gasteiger partial charge < -0.3 is 5.73 Å². The smallest absolute Gasteiger partial charge is 0.327 e. The number of halogens is 3. The average molecular weight is 346 g/mol. The van der Waals surface area contributed by atoms with E-state index < -0.39 is 11.8 Å². The highest BCUT2D eigenvalue weighted by Gasteiger charge is 2.12. The van der Waals surface area contributed by atoms with Gasteiger partial charge in [-0.15, -0.1) is 0 Å². The predicted molar refractivity (Wildman–Crippen MR) is 71.6 cm³/mol. The molecule has 0 unspecified atom stereocenters. The first-order chi connectivity index (χ1) is 9.52. The van der Waals surface area contributed by atoms with Gasteiger partial charge in [0, 0.05) is 12.1 Å². The van der Waals surface area contributed by atoms with Crippen molar-refractivity contribution in [3.05, 3.63) is 51.3 Å². The Kier molecular flexibility index (Phi) is 4.40. The topological polar surface area (TPSA) is 78.7 Å². The van der Waals surface area contributed by atoms with Crippen LogP contribution in [0.5, 0.6) is 0 Å². The molecule has 0 aromatic carbocycles. The minimum atomic E-state index is -1.89. The predicted octanol–water partition coefficient (Wildman–Crippen LogP) is 1.30. The summed E-state index contributed by atoms with van der Waals surface area (Å²) in [5, 5.41) is 3.78. The number of rotatable bonds is 4. The van der Waals surface area contributed by atoms with E-state index in [1.54, 1.807) is 18.2 Å². The molecule has 0 atom stereocenters. The Balaban J connectivity index is 2.38. The molecule has 0 amide bonds. The van der Waals surface area contributed by atoms with Crippen LogP contribution in [0, 0.1) is 0 Å². The highest BCUT2D eigenvalue weighted by Crippen LogP contribution is 2.10. The van der Waals surface area contributed by atoms with Crippen molar-refractivity contribution in [1.29, 1.82) is 0 Å². The average Bonchev–Trinajstić information content (AvgIpc) is 2.77. The van der Waals surface area contributed by atoms with Gasteiger partial charge in [-0.3, -0.25) is 0 Å². The van der Waals surface area contributed by atoms with Crippen molar-refractivity contribution in [2.75, 3.05) is 6.54 Å². The molecule has 2 N–H and O–H groups in total. The zero-order valence-electron chi connectivity index (χ0n) is 10.1. The number of nitrogens with two attached hydrogens (primary N) is 1. The van der Waals surface area contributed by atoms with E-state index in [1.807, 2.05) is 0 Å². The summed E-state index contributed by atoms with van der Waals surface area (Å²) in [4.78, 5) is 16.1. The van der Waals surface area contributed by atoms with Crippen molar-refractivity contribution in [2.45, 2.75) is 6.54 Å². The van der Waals surface area contributed by atoms with Crippen LogP contribution in [0.3, 0.4) is 0 Å². The summed E-state index contributed by atoms with van der Waals surface area (Å²) in [6, 6.07) is 5.00. The van der Waals surface area contributed by atoms with Gasteiger partial charge in [-0.1, -0.05) is 6.07 Å². The molecule has 2 aromatic heterocycles. The molecule has 6 nitrogen and oxygen atoms in total. The second-order valence-electron chi connectivity index (χ2n) is 3.83. The minimum absolute atomic E-state index is 0.334. The molecular formula is C11H10BrF2N5O. The summed E-state index contributed by atoms with van der Waals surface area (Å²) in [7, 11) is 0. The summed E-state index contributed by atoms with van der Waals surface area (Å²) in [5.74, 6) is 0.342. The summed E-state index contributed by atoms with van der Waals surface area (Å²) in [5.41, 5.74) is 4.30. The molecule has 0 aliphatic rings. The van der Waals surface area contributed by atoms with E-state index in [-0.39, 0.29) is 18.7 Å². The molecular weight excluding hydrogens is 336 g/mol. The van der Waals surface area contributed by atoms with Gasteiger partial charge in [0.2, 0.25) is 0 Å². The van der Waals surface area contributed by atoms with E-state index >= 15 is 0 Å². The van der Waals surface area contributed by atoms with Crippen LogP contribution in [0.15, 0.2) is 45.6 Å². The van der Waals surface area contributed by atoms with Crippen LogP contribution in [0.25, 0.3) is 5.82 Å². The highest BCUT2D eigenvalue weighted by molar-refractivity contribution is 9.10.